The molecule has 88 valence electrons. The Morgan fingerprint density at radius 1 is 0.933 bits per heavy atom. The van der Waals surface area contributed by atoms with Gasteiger partial charge in [0.1, 0.15) is 0 Å². The van der Waals surface area contributed by atoms with Crippen LogP contribution in [0.2, 0.25) is 0 Å². The van der Waals surface area contributed by atoms with E-state index in [0.717, 1.165) is 17.8 Å². The minimum atomic E-state index is 1.05. The van der Waals surface area contributed by atoms with Gasteiger partial charge in [0.2, 0.25) is 0 Å². The summed E-state index contributed by atoms with van der Waals surface area (Å²) in [5.41, 5.74) is 0. The van der Waals surface area contributed by atoms with Crippen molar-refractivity contribution in [2.45, 2.75) is 51.4 Å². The number of nitrogens with zero attached hydrogens (tertiary/aromatic N) is 1. The molecular formula is C14H27N. The van der Waals surface area contributed by atoms with E-state index in [1.165, 1.54) is 32.2 Å². The lowest BCUT2D eigenvalue weighted by Crippen LogP contribution is -2.29. The van der Waals surface area contributed by atoms with Gasteiger partial charge in [-0.05, 0) is 57.7 Å². The summed E-state index contributed by atoms with van der Waals surface area (Å²) in [6.07, 6.45) is 12.2. The molecule has 2 aliphatic rings. The summed E-state index contributed by atoms with van der Waals surface area (Å²) in [7, 11) is 4.40. The summed E-state index contributed by atoms with van der Waals surface area (Å²) < 4.78 is 0. The Morgan fingerprint density at radius 3 is 2.40 bits per heavy atom. The zero-order valence-electron chi connectivity index (χ0n) is 10.5. The molecule has 0 bridgehead atoms. The van der Waals surface area contributed by atoms with Crippen LogP contribution in [0, 0.1) is 17.8 Å². The second-order valence-electron chi connectivity index (χ2n) is 6.08. The van der Waals surface area contributed by atoms with Gasteiger partial charge >= 0.3 is 0 Å². The number of rotatable bonds is 3. The quantitative estimate of drug-likeness (QED) is 0.687. The molecule has 2 rings (SSSR count). The highest BCUT2D eigenvalue weighted by Gasteiger charge is 2.31. The first kappa shape index (κ1) is 11.4. The lowest BCUT2D eigenvalue weighted by Gasteiger charge is -2.39. The highest BCUT2D eigenvalue weighted by molar-refractivity contribution is 4.83. The zero-order valence-corrected chi connectivity index (χ0v) is 10.5. The number of hydrogen-bond donors (Lipinski definition) is 0. The summed E-state index contributed by atoms with van der Waals surface area (Å²) in [6, 6.07) is 0. The minimum absolute atomic E-state index is 1.05. The molecule has 0 aromatic heterocycles. The van der Waals surface area contributed by atoms with E-state index < -0.39 is 0 Å². The van der Waals surface area contributed by atoms with Gasteiger partial charge in [-0.3, -0.25) is 0 Å². The van der Waals surface area contributed by atoms with Crippen LogP contribution in [0.3, 0.4) is 0 Å². The Labute approximate surface area is 95.2 Å². The van der Waals surface area contributed by atoms with Crippen molar-refractivity contribution in [3.05, 3.63) is 0 Å². The third kappa shape index (κ3) is 3.21. The first-order valence-corrected chi connectivity index (χ1v) is 6.90. The van der Waals surface area contributed by atoms with Crippen LogP contribution in [-0.2, 0) is 0 Å². The zero-order chi connectivity index (χ0) is 10.7. The standard InChI is InChI=1S/C14H27N/c1-15(2)10-9-12-7-8-13-5-3-4-6-14(13)11-12/h12-14H,3-11H2,1-2H3. The fraction of sp³-hybridized carbons (Fsp3) is 1.00. The van der Waals surface area contributed by atoms with Gasteiger partial charge in [-0.2, -0.15) is 0 Å². The maximum Gasteiger partial charge on any atom is -0.00222 e. The molecule has 0 heterocycles. The summed E-state index contributed by atoms with van der Waals surface area (Å²) >= 11 is 0. The molecule has 0 amide bonds. The first-order valence-electron chi connectivity index (χ1n) is 6.90. The Hall–Kier alpha value is -0.0400. The Kier molecular flexibility index (Phi) is 4.07. The van der Waals surface area contributed by atoms with Gasteiger partial charge in [0.15, 0.2) is 0 Å². The van der Waals surface area contributed by atoms with Crippen LogP contribution in [0.5, 0.6) is 0 Å². The van der Waals surface area contributed by atoms with E-state index in [1.807, 2.05) is 0 Å². The molecule has 0 aliphatic heterocycles. The third-order valence-electron chi connectivity index (χ3n) is 4.63. The minimum Gasteiger partial charge on any atom is -0.309 e. The summed E-state index contributed by atoms with van der Waals surface area (Å²) in [5.74, 6) is 3.28. The van der Waals surface area contributed by atoms with Gasteiger partial charge in [-0.1, -0.05) is 32.1 Å². The van der Waals surface area contributed by atoms with Gasteiger partial charge in [-0.25, -0.2) is 0 Å². The van der Waals surface area contributed by atoms with Crippen molar-refractivity contribution < 1.29 is 0 Å². The van der Waals surface area contributed by atoms with E-state index in [9.17, 15) is 0 Å². The lowest BCUT2D eigenvalue weighted by molar-refractivity contribution is 0.121. The van der Waals surface area contributed by atoms with Crippen LogP contribution in [0.1, 0.15) is 51.4 Å². The van der Waals surface area contributed by atoms with Crippen molar-refractivity contribution >= 4 is 0 Å². The molecule has 2 aliphatic carbocycles. The van der Waals surface area contributed by atoms with Gasteiger partial charge < -0.3 is 4.90 Å². The fourth-order valence-electron chi connectivity index (χ4n) is 3.67. The monoisotopic (exact) mass is 209 g/mol. The average molecular weight is 209 g/mol. The highest BCUT2D eigenvalue weighted by Crippen LogP contribution is 2.43. The van der Waals surface area contributed by atoms with Gasteiger partial charge in [0.25, 0.3) is 0 Å². The van der Waals surface area contributed by atoms with Crippen molar-refractivity contribution in [3.8, 4) is 0 Å². The van der Waals surface area contributed by atoms with E-state index in [4.69, 9.17) is 0 Å². The molecule has 15 heavy (non-hydrogen) atoms. The molecule has 0 aromatic rings. The average Bonchev–Trinajstić information content (AvgIpc) is 2.26. The Morgan fingerprint density at radius 2 is 1.67 bits per heavy atom. The maximum atomic E-state index is 2.34. The summed E-state index contributed by atoms with van der Waals surface area (Å²) in [6.45, 7) is 1.29. The molecule has 1 heteroatoms. The van der Waals surface area contributed by atoms with Crippen molar-refractivity contribution in [2.24, 2.45) is 17.8 Å². The molecule has 0 aromatic carbocycles. The highest BCUT2D eigenvalue weighted by atomic mass is 15.0. The van der Waals surface area contributed by atoms with Crippen molar-refractivity contribution in [1.29, 1.82) is 0 Å². The van der Waals surface area contributed by atoms with Gasteiger partial charge in [0, 0.05) is 0 Å². The molecule has 3 unspecified atom stereocenters. The number of fused-ring (bicyclic) bond motifs is 1. The summed E-state index contributed by atoms with van der Waals surface area (Å²) in [4.78, 5) is 2.34. The third-order valence-corrected chi connectivity index (χ3v) is 4.63. The molecule has 2 fully saturated rings. The van der Waals surface area contributed by atoms with E-state index in [2.05, 4.69) is 19.0 Å². The van der Waals surface area contributed by atoms with Gasteiger partial charge in [0.05, 0.1) is 0 Å². The Balaban J connectivity index is 1.75. The molecular weight excluding hydrogens is 182 g/mol. The predicted octanol–water partition coefficient (Wildman–Crippen LogP) is 3.54. The smallest absolute Gasteiger partial charge is 0.00222 e. The molecule has 3 atom stereocenters. The van der Waals surface area contributed by atoms with Crippen LogP contribution >= 0.6 is 0 Å². The molecule has 0 N–H and O–H groups in total. The van der Waals surface area contributed by atoms with Crippen molar-refractivity contribution in [1.82, 2.24) is 4.90 Å². The van der Waals surface area contributed by atoms with Crippen LogP contribution in [0.25, 0.3) is 0 Å². The first-order chi connectivity index (χ1) is 7.25. The van der Waals surface area contributed by atoms with Crippen LogP contribution < -0.4 is 0 Å². The van der Waals surface area contributed by atoms with Crippen molar-refractivity contribution in [3.63, 3.8) is 0 Å². The van der Waals surface area contributed by atoms with Crippen LogP contribution in [-0.4, -0.2) is 25.5 Å². The molecule has 0 spiro atoms. The van der Waals surface area contributed by atoms with E-state index in [-0.39, 0.29) is 0 Å². The Bertz CT molecular complexity index is 188. The topological polar surface area (TPSA) is 3.24 Å². The molecule has 1 nitrogen and oxygen atoms in total. The largest absolute Gasteiger partial charge is 0.309 e. The summed E-state index contributed by atoms with van der Waals surface area (Å²) in [5, 5.41) is 0. The normalized spacial score (nSPS) is 36.6. The van der Waals surface area contributed by atoms with E-state index in [1.54, 1.807) is 25.7 Å². The van der Waals surface area contributed by atoms with Crippen LogP contribution in [0.4, 0.5) is 0 Å². The molecule has 0 radical (unpaired) electrons. The second kappa shape index (κ2) is 5.34. The second-order valence-corrected chi connectivity index (χ2v) is 6.08. The molecule has 2 saturated carbocycles. The van der Waals surface area contributed by atoms with Gasteiger partial charge in [-0.15, -0.1) is 0 Å². The maximum absolute atomic E-state index is 2.34. The van der Waals surface area contributed by atoms with E-state index in [0.29, 0.717) is 0 Å². The SMILES string of the molecule is CN(C)CCC1CCC2CCCCC2C1. The lowest BCUT2D eigenvalue weighted by atomic mass is 9.67. The van der Waals surface area contributed by atoms with E-state index >= 15 is 0 Å². The van der Waals surface area contributed by atoms with Crippen molar-refractivity contribution in [2.75, 3.05) is 20.6 Å². The fourth-order valence-corrected chi connectivity index (χ4v) is 3.67. The predicted molar refractivity (Wildman–Crippen MR) is 66.0 cm³/mol. The number of hydrogen-bond acceptors (Lipinski definition) is 1. The molecule has 0 saturated heterocycles. The van der Waals surface area contributed by atoms with Crippen LogP contribution in [0.15, 0.2) is 0 Å².